The Morgan fingerprint density at radius 2 is 2.10 bits per heavy atom. The predicted molar refractivity (Wildman–Crippen MR) is 83.7 cm³/mol. The van der Waals surface area contributed by atoms with Crippen molar-refractivity contribution < 1.29 is 9.59 Å². The second-order valence-electron chi connectivity index (χ2n) is 5.62. The van der Waals surface area contributed by atoms with Crippen molar-refractivity contribution in [2.24, 2.45) is 5.92 Å². The fourth-order valence-corrected chi connectivity index (χ4v) is 2.70. The highest BCUT2D eigenvalue weighted by molar-refractivity contribution is 5.91. The monoisotopic (exact) mass is 289 g/mol. The molecular formula is C16H23N3O2. The van der Waals surface area contributed by atoms with Crippen LogP contribution < -0.4 is 11.1 Å². The molecule has 5 nitrogen and oxygen atoms in total. The van der Waals surface area contributed by atoms with Crippen LogP contribution in [0, 0.1) is 5.92 Å². The van der Waals surface area contributed by atoms with Crippen LogP contribution in [0.1, 0.15) is 32.6 Å². The number of nitrogens with one attached hydrogen (secondary N) is 1. The first kappa shape index (κ1) is 15.4. The van der Waals surface area contributed by atoms with E-state index in [1.807, 2.05) is 4.90 Å². The van der Waals surface area contributed by atoms with Gasteiger partial charge in [-0.05, 0) is 36.6 Å². The van der Waals surface area contributed by atoms with Crippen molar-refractivity contribution in [1.29, 1.82) is 0 Å². The van der Waals surface area contributed by atoms with Gasteiger partial charge in [0.05, 0.1) is 0 Å². The Morgan fingerprint density at radius 1 is 1.38 bits per heavy atom. The maximum atomic E-state index is 11.9. The smallest absolute Gasteiger partial charge is 0.226 e. The molecule has 1 atom stereocenters. The number of rotatable bonds is 6. The highest BCUT2D eigenvalue weighted by Crippen LogP contribution is 2.22. The SMILES string of the molecule is CCCC1CC(=O)N(CCC(=O)Nc2ccc(N)cc2)C1. The van der Waals surface area contributed by atoms with Gasteiger partial charge in [-0.15, -0.1) is 0 Å². The summed E-state index contributed by atoms with van der Waals surface area (Å²) in [5.41, 5.74) is 6.99. The molecule has 1 aromatic rings. The maximum absolute atomic E-state index is 11.9. The van der Waals surface area contributed by atoms with E-state index in [0.717, 1.165) is 25.1 Å². The van der Waals surface area contributed by atoms with Crippen molar-refractivity contribution in [3.05, 3.63) is 24.3 Å². The molecule has 114 valence electrons. The maximum Gasteiger partial charge on any atom is 0.226 e. The fourth-order valence-electron chi connectivity index (χ4n) is 2.70. The number of nitrogens with two attached hydrogens (primary N) is 1. The van der Waals surface area contributed by atoms with E-state index >= 15 is 0 Å². The van der Waals surface area contributed by atoms with Crippen LogP contribution in [0.15, 0.2) is 24.3 Å². The van der Waals surface area contributed by atoms with Gasteiger partial charge in [0.15, 0.2) is 0 Å². The molecule has 0 saturated carbocycles. The van der Waals surface area contributed by atoms with Crippen molar-refractivity contribution >= 4 is 23.2 Å². The molecule has 0 radical (unpaired) electrons. The quantitative estimate of drug-likeness (QED) is 0.789. The van der Waals surface area contributed by atoms with Gasteiger partial charge in [0.2, 0.25) is 11.8 Å². The summed E-state index contributed by atoms with van der Waals surface area (Å²) >= 11 is 0. The van der Waals surface area contributed by atoms with Crippen LogP contribution >= 0.6 is 0 Å². The first-order chi connectivity index (χ1) is 10.1. The van der Waals surface area contributed by atoms with Crippen LogP contribution in [0.2, 0.25) is 0 Å². The van der Waals surface area contributed by atoms with Gasteiger partial charge in [0.25, 0.3) is 0 Å². The molecule has 1 saturated heterocycles. The summed E-state index contributed by atoms with van der Waals surface area (Å²) in [4.78, 5) is 25.5. The molecule has 3 N–H and O–H groups in total. The van der Waals surface area contributed by atoms with Gasteiger partial charge in [0.1, 0.15) is 0 Å². The molecule has 5 heteroatoms. The number of hydrogen-bond donors (Lipinski definition) is 2. The molecule has 0 aliphatic carbocycles. The van der Waals surface area contributed by atoms with E-state index in [0.29, 0.717) is 31.0 Å². The third kappa shape index (κ3) is 4.48. The van der Waals surface area contributed by atoms with Gasteiger partial charge in [-0.25, -0.2) is 0 Å². The first-order valence-electron chi connectivity index (χ1n) is 7.51. The lowest BCUT2D eigenvalue weighted by molar-refractivity contribution is -0.128. The normalized spacial score (nSPS) is 18.0. The van der Waals surface area contributed by atoms with Crippen LogP contribution in [-0.4, -0.2) is 29.8 Å². The Labute approximate surface area is 125 Å². The van der Waals surface area contributed by atoms with Crippen molar-refractivity contribution in [3.63, 3.8) is 0 Å². The molecule has 1 aromatic carbocycles. The highest BCUT2D eigenvalue weighted by Gasteiger charge is 2.28. The Kier molecular flexibility index (Phi) is 5.20. The van der Waals surface area contributed by atoms with Crippen molar-refractivity contribution in [1.82, 2.24) is 4.90 Å². The zero-order chi connectivity index (χ0) is 15.2. The van der Waals surface area contributed by atoms with E-state index in [2.05, 4.69) is 12.2 Å². The summed E-state index contributed by atoms with van der Waals surface area (Å²) in [7, 11) is 0. The van der Waals surface area contributed by atoms with Crippen molar-refractivity contribution in [2.75, 3.05) is 24.1 Å². The number of carbonyl (C=O) groups is 2. The van der Waals surface area contributed by atoms with E-state index in [9.17, 15) is 9.59 Å². The lowest BCUT2D eigenvalue weighted by Crippen LogP contribution is -2.29. The lowest BCUT2D eigenvalue weighted by Gasteiger charge is -2.16. The predicted octanol–water partition coefficient (Wildman–Crippen LogP) is 2.25. The van der Waals surface area contributed by atoms with Gasteiger partial charge in [-0.3, -0.25) is 9.59 Å². The fraction of sp³-hybridized carbons (Fsp3) is 0.500. The van der Waals surface area contributed by atoms with Crippen LogP contribution in [0.3, 0.4) is 0 Å². The summed E-state index contributed by atoms with van der Waals surface area (Å²) in [5.74, 6) is 0.558. The van der Waals surface area contributed by atoms with Crippen LogP contribution in [0.5, 0.6) is 0 Å². The molecule has 0 bridgehead atoms. The van der Waals surface area contributed by atoms with Crippen LogP contribution in [0.25, 0.3) is 0 Å². The summed E-state index contributed by atoms with van der Waals surface area (Å²) in [5, 5.41) is 2.81. The molecule has 1 aliphatic rings. The van der Waals surface area contributed by atoms with E-state index in [-0.39, 0.29) is 11.8 Å². The number of nitrogens with zero attached hydrogens (tertiary/aromatic N) is 1. The molecule has 0 spiro atoms. The molecular weight excluding hydrogens is 266 g/mol. The number of hydrogen-bond acceptors (Lipinski definition) is 3. The van der Waals surface area contributed by atoms with Gasteiger partial charge in [-0.1, -0.05) is 13.3 Å². The summed E-state index contributed by atoms with van der Waals surface area (Å²) < 4.78 is 0. The minimum Gasteiger partial charge on any atom is -0.399 e. The van der Waals surface area contributed by atoms with E-state index in [4.69, 9.17) is 5.73 Å². The zero-order valence-electron chi connectivity index (χ0n) is 12.5. The van der Waals surface area contributed by atoms with Gasteiger partial charge in [0, 0.05) is 37.3 Å². The van der Waals surface area contributed by atoms with Gasteiger partial charge >= 0.3 is 0 Å². The Hall–Kier alpha value is -2.04. The Bertz CT molecular complexity index is 499. The topological polar surface area (TPSA) is 75.4 Å². The third-order valence-electron chi connectivity index (χ3n) is 3.79. The number of benzene rings is 1. The Balaban J connectivity index is 1.76. The minimum absolute atomic E-state index is 0.0773. The largest absolute Gasteiger partial charge is 0.399 e. The molecule has 1 unspecified atom stereocenters. The standard InChI is InChI=1S/C16H23N3O2/c1-2-3-12-10-16(21)19(11-12)9-8-15(20)18-14-6-4-13(17)5-7-14/h4-7,12H,2-3,8-11,17H2,1H3,(H,18,20). The number of carbonyl (C=O) groups excluding carboxylic acids is 2. The van der Waals surface area contributed by atoms with E-state index in [1.54, 1.807) is 24.3 Å². The molecule has 0 aromatic heterocycles. The van der Waals surface area contributed by atoms with Crippen LogP contribution in [0.4, 0.5) is 11.4 Å². The molecule has 1 aliphatic heterocycles. The van der Waals surface area contributed by atoms with E-state index in [1.165, 1.54) is 0 Å². The summed E-state index contributed by atoms with van der Waals surface area (Å²) in [6, 6.07) is 7.03. The third-order valence-corrected chi connectivity index (χ3v) is 3.79. The molecule has 1 fully saturated rings. The number of nitrogen functional groups attached to an aromatic ring is 1. The van der Waals surface area contributed by atoms with E-state index < -0.39 is 0 Å². The minimum atomic E-state index is -0.0773. The molecule has 2 amide bonds. The van der Waals surface area contributed by atoms with Crippen molar-refractivity contribution in [3.8, 4) is 0 Å². The average Bonchev–Trinajstić information content (AvgIpc) is 2.80. The zero-order valence-corrected chi connectivity index (χ0v) is 12.5. The highest BCUT2D eigenvalue weighted by atomic mass is 16.2. The van der Waals surface area contributed by atoms with Crippen LogP contribution in [-0.2, 0) is 9.59 Å². The second kappa shape index (κ2) is 7.11. The number of likely N-dealkylation sites (tertiary alicyclic amines) is 1. The van der Waals surface area contributed by atoms with Gasteiger partial charge in [-0.2, -0.15) is 0 Å². The second-order valence-corrected chi connectivity index (χ2v) is 5.62. The Morgan fingerprint density at radius 3 is 2.76 bits per heavy atom. The number of amides is 2. The molecule has 21 heavy (non-hydrogen) atoms. The first-order valence-corrected chi connectivity index (χ1v) is 7.51. The average molecular weight is 289 g/mol. The van der Waals surface area contributed by atoms with Gasteiger partial charge < -0.3 is 16.0 Å². The summed E-state index contributed by atoms with van der Waals surface area (Å²) in [6.07, 6.45) is 3.14. The summed E-state index contributed by atoms with van der Waals surface area (Å²) in [6.45, 7) is 3.43. The van der Waals surface area contributed by atoms with Crippen molar-refractivity contribution in [2.45, 2.75) is 32.6 Å². The number of anilines is 2. The molecule has 2 rings (SSSR count). The lowest BCUT2D eigenvalue weighted by atomic mass is 10.0. The molecule has 1 heterocycles.